The number of ether oxygens (including phenoxy) is 1. The highest BCUT2D eigenvalue weighted by atomic mass is 32.2. The van der Waals surface area contributed by atoms with Gasteiger partial charge in [-0.1, -0.05) is 6.07 Å². The Morgan fingerprint density at radius 2 is 2.14 bits per heavy atom. The van der Waals surface area contributed by atoms with Gasteiger partial charge in [0.1, 0.15) is 12.4 Å². The fourth-order valence-corrected chi connectivity index (χ4v) is 3.76. The molecule has 0 aromatic heterocycles. The van der Waals surface area contributed by atoms with Gasteiger partial charge in [0.05, 0.1) is 6.26 Å². The van der Waals surface area contributed by atoms with Crippen molar-refractivity contribution in [1.82, 2.24) is 9.62 Å². The van der Waals surface area contributed by atoms with E-state index in [4.69, 9.17) is 4.74 Å². The molecule has 1 saturated carbocycles. The van der Waals surface area contributed by atoms with Crippen LogP contribution in [0.15, 0.2) is 18.2 Å². The summed E-state index contributed by atoms with van der Waals surface area (Å²) in [6, 6.07) is 6.49. The monoisotopic (exact) mass is 310 g/mol. The molecule has 21 heavy (non-hydrogen) atoms. The highest BCUT2D eigenvalue weighted by Crippen LogP contribution is 2.31. The molecule has 116 valence electrons. The Kier molecular flexibility index (Phi) is 3.94. The van der Waals surface area contributed by atoms with Crippen LogP contribution in [0, 0.1) is 0 Å². The maximum atomic E-state index is 11.9. The molecule has 2 aliphatic rings. The van der Waals surface area contributed by atoms with E-state index in [9.17, 15) is 8.42 Å². The van der Waals surface area contributed by atoms with Crippen LogP contribution < -0.4 is 10.1 Å². The molecule has 1 fully saturated rings. The van der Waals surface area contributed by atoms with E-state index in [1.165, 1.54) is 6.26 Å². The van der Waals surface area contributed by atoms with Gasteiger partial charge in [-0.25, -0.2) is 8.42 Å². The quantitative estimate of drug-likeness (QED) is 0.915. The van der Waals surface area contributed by atoms with Gasteiger partial charge >= 0.3 is 0 Å². The Bertz CT molecular complexity index is 626. The second-order valence-electron chi connectivity index (χ2n) is 6.07. The van der Waals surface area contributed by atoms with Crippen molar-refractivity contribution >= 4 is 10.0 Å². The lowest BCUT2D eigenvalue weighted by molar-refractivity contribution is 0.287. The summed E-state index contributed by atoms with van der Waals surface area (Å²) in [6.07, 6.45) is 3.24. The molecule has 1 atom stereocenters. The van der Waals surface area contributed by atoms with E-state index in [1.807, 2.05) is 12.1 Å². The summed E-state index contributed by atoms with van der Waals surface area (Å²) in [6.45, 7) is 3.95. The van der Waals surface area contributed by atoms with E-state index < -0.39 is 10.0 Å². The predicted octanol–water partition coefficient (Wildman–Crippen LogP) is 1.48. The van der Waals surface area contributed by atoms with Crippen LogP contribution in [0.3, 0.4) is 0 Å². The van der Waals surface area contributed by atoms with Crippen molar-refractivity contribution in [1.29, 1.82) is 0 Å². The van der Waals surface area contributed by atoms with Crippen LogP contribution in [0.25, 0.3) is 0 Å². The first-order chi connectivity index (χ1) is 9.93. The third-order valence-electron chi connectivity index (χ3n) is 3.97. The summed E-state index contributed by atoms with van der Waals surface area (Å²) in [5.41, 5.74) is 2.12. The summed E-state index contributed by atoms with van der Waals surface area (Å²) in [5, 5.41) is 3.39. The van der Waals surface area contributed by atoms with Gasteiger partial charge in [0, 0.05) is 30.7 Å². The van der Waals surface area contributed by atoms with Crippen LogP contribution in [0.5, 0.6) is 5.75 Å². The molecule has 1 aromatic carbocycles. The molecular formula is C15H22N2O3S. The van der Waals surface area contributed by atoms with Crippen molar-refractivity contribution in [2.24, 2.45) is 0 Å². The second-order valence-corrected chi connectivity index (χ2v) is 8.01. The first-order valence-corrected chi connectivity index (χ1v) is 9.23. The Morgan fingerprint density at radius 1 is 1.38 bits per heavy atom. The molecule has 0 unspecified atom stereocenters. The minimum atomic E-state index is -3.15. The minimum Gasteiger partial charge on any atom is -0.492 e. The molecular weight excluding hydrogens is 288 g/mol. The Morgan fingerprint density at radius 3 is 2.81 bits per heavy atom. The van der Waals surface area contributed by atoms with E-state index in [0.29, 0.717) is 19.2 Å². The molecule has 3 rings (SSSR count). The van der Waals surface area contributed by atoms with Gasteiger partial charge in [-0.2, -0.15) is 4.31 Å². The van der Waals surface area contributed by atoms with Crippen LogP contribution in [-0.4, -0.2) is 37.7 Å². The van der Waals surface area contributed by atoms with Crippen molar-refractivity contribution in [3.63, 3.8) is 0 Å². The van der Waals surface area contributed by atoms with Crippen LogP contribution >= 0.6 is 0 Å². The largest absolute Gasteiger partial charge is 0.492 e. The average Bonchev–Trinajstić information content (AvgIpc) is 3.24. The van der Waals surface area contributed by atoms with Gasteiger partial charge in [-0.3, -0.25) is 0 Å². The normalized spacial score (nSPS) is 22.5. The van der Waals surface area contributed by atoms with Crippen LogP contribution in [0.1, 0.15) is 30.9 Å². The van der Waals surface area contributed by atoms with Crippen molar-refractivity contribution in [3.05, 3.63) is 29.3 Å². The molecule has 1 aliphatic heterocycles. The molecule has 1 heterocycles. The topological polar surface area (TPSA) is 58.6 Å². The smallest absolute Gasteiger partial charge is 0.211 e. The molecule has 1 aliphatic carbocycles. The number of benzene rings is 1. The molecule has 0 amide bonds. The summed E-state index contributed by atoms with van der Waals surface area (Å²) in [5.74, 6) is 0.896. The van der Waals surface area contributed by atoms with Crippen molar-refractivity contribution in [3.8, 4) is 5.75 Å². The van der Waals surface area contributed by atoms with E-state index in [-0.39, 0.29) is 6.04 Å². The van der Waals surface area contributed by atoms with Crippen LogP contribution in [0.2, 0.25) is 0 Å². The Labute approximate surface area is 126 Å². The van der Waals surface area contributed by atoms with E-state index in [0.717, 1.165) is 36.3 Å². The molecule has 0 saturated heterocycles. The lowest BCUT2D eigenvalue weighted by Gasteiger charge is -2.20. The van der Waals surface area contributed by atoms with Gasteiger partial charge in [-0.15, -0.1) is 0 Å². The zero-order chi connectivity index (χ0) is 15.0. The van der Waals surface area contributed by atoms with E-state index in [1.54, 1.807) is 4.31 Å². The fraction of sp³-hybridized carbons (Fsp3) is 0.600. The number of nitrogens with zero attached hydrogens (tertiary/aromatic N) is 1. The van der Waals surface area contributed by atoms with Crippen molar-refractivity contribution in [2.45, 2.75) is 44.9 Å². The number of fused-ring (bicyclic) bond motifs is 1. The van der Waals surface area contributed by atoms with E-state index >= 15 is 0 Å². The second kappa shape index (κ2) is 5.59. The molecule has 5 nitrogen and oxygen atoms in total. The van der Waals surface area contributed by atoms with Gasteiger partial charge in [-0.05, 0) is 37.5 Å². The van der Waals surface area contributed by atoms with Crippen molar-refractivity contribution in [2.75, 3.05) is 12.9 Å². The highest BCUT2D eigenvalue weighted by Gasteiger charge is 2.34. The third-order valence-corrected chi connectivity index (χ3v) is 5.25. The molecule has 1 N–H and O–H groups in total. The van der Waals surface area contributed by atoms with Gasteiger partial charge in [0.2, 0.25) is 10.0 Å². The molecule has 1 aromatic rings. The maximum Gasteiger partial charge on any atom is 0.211 e. The first kappa shape index (κ1) is 14.8. The zero-order valence-corrected chi connectivity index (χ0v) is 13.3. The Balaban J connectivity index is 1.80. The molecule has 0 spiro atoms. The number of rotatable bonds is 4. The average molecular weight is 310 g/mol. The maximum absolute atomic E-state index is 11.9. The summed E-state index contributed by atoms with van der Waals surface area (Å²) in [4.78, 5) is 0. The lowest BCUT2D eigenvalue weighted by Crippen LogP contribution is -2.31. The van der Waals surface area contributed by atoms with Crippen LogP contribution in [-0.2, 0) is 23.1 Å². The highest BCUT2D eigenvalue weighted by molar-refractivity contribution is 7.88. The van der Waals surface area contributed by atoms with Crippen LogP contribution in [0.4, 0.5) is 0 Å². The number of hydrogen-bond donors (Lipinski definition) is 1. The molecule has 0 radical (unpaired) electrons. The van der Waals surface area contributed by atoms with Gasteiger partial charge in [0.15, 0.2) is 0 Å². The van der Waals surface area contributed by atoms with Gasteiger partial charge < -0.3 is 10.1 Å². The lowest BCUT2D eigenvalue weighted by atomic mass is 10.1. The summed E-state index contributed by atoms with van der Waals surface area (Å²) < 4.78 is 31.2. The molecule has 6 heteroatoms. The fourth-order valence-electron chi connectivity index (χ4n) is 2.63. The number of hydrogen-bond acceptors (Lipinski definition) is 4. The standard InChI is InChI=1S/C15H22N2O3S/c1-11-10-20-15-6-3-12(7-13(15)8-16-11)9-17(14-4-5-14)21(2,18)19/h3,6-7,11,14,16H,4-5,8-10H2,1-2H3/t11-/m0/s1. The number of nitrogens with one attached hydrogen (secondary N) is 1. The molecule has 0 bridgehead atoms. The van der Waals surface area contributed by atoms with E-state index in [2.05, 4.69) is 18.3 Å². The third kappa shape index (κ3) is 3.56. The zero-order valence-electron chi connectivity index (χ0n) is 12.5. The van der Waals surface area contributed by atoms with Crippen molar-refractivity contribution < 1.29 is 13.2 Å². The van der Waals surface area contributed by atoms with Gasteiger partial charge in [0.25, 0.3) is 0 Å². The Hall–Kier alpha value is -1.11. The summed E-state index contributed by atoms with van der Waals surface area (Å²) in [7, 11) is -3.15. The SMILES string of the molecule is C[C@H]1COc2ccc(CN(C3CC3)S(C)(=O)=O)cc2CN1. The minimum absolute atomic E-state index is 0.188. The number of sulfonamides is 1. The summed E-state index contributed by atoms with van der Waals surface area (Å²) >= 11 is 0. The first-order valence-electron chi connectivity index (χ1n) is 7.38. The predicted molar refractivity (Wildman–Crippen MR) is 81.6 cm³/mol.